The van der Waals surface area contributed by atoms with Gasteiger partial charge in [-0.25, -0.2) is 9.97 Å². The zero-order valence-corrected chi connectivity index (χ0v) is 12.9. The van der Waals surface area contributed by atoms with Crippen LogP contribution in [0.5, 0.6) is 0 Å². The normalized spacial score (nSPS) is 20.7. The summed E-state index contributed by atoms with van der Waals surface area (Å²) >= 11 is 0. The number of fused-ring (bicyclic) bond motifs is 1. The highest BCUT2D eigenvalue weighted by molar-refractivity contribution is 5.90. The summed E-state index contributed by atoms with van der Waals surface area (Å²) in [5.74, 6) is 1.54. The Morgan fingerprint density at radius 3 is 2.83 bits per heavy atom. The Morgan fingerprint density at radius 2 is 2.04 bits per heavy atom. The zero-order chi connectivity index (χ0) is 15.6. The van der Waals surface area contributed by atoms with E-state index >= 15 is 0 Å². The van der Waals surface area contributed by atoms with Crippen LogP contribution in [0.3, 0.4) is 0 Å². The van der Waals surface area contributed by atoms with Crippen LogP contribution in [0.1, 0.15) is 13.3 Å². The van der Waals surface area contributed by atoms with E-state index in [2.05, 4.69) is 22.2 Å². The van der Waals surface area contributed by atoms with E-state index in [4.69, 9.17) is 9.72 Å². The van der Waals surface area contributed by atoms with Crippen molar-refractivity contribution in [2.75, 3.05) is 11.9 Å². The largest absolute Gasteiger partial charge is 0.376 e. The molecule has 1 aliphatic heterocycles. The van der Waals surface area contributed by atoms with Crippen molar-refractivity contribution in [2.24, 2.45) is 0 Å². The first kappa shape index (κ1) is 14.1. The van der Waals surface area contributed by atoms with E-state index in [-0.39, 0.29) is 12.1 Å². The number of ether oxygens (including phenoxy) is 1. The van der Waals surface area contributed by atoms with E-state index in [9.17, 15) is 0 Å². The third-order valence-corrected chi connectivity index (χ3v) is 4.22. The quantitative estimate of drug-likeness (QED) is 0.804. The van der Waals surface area contributed by atoms with Crippen LogP contribution in [0.25, 0.3) is 22.3 Å². The van der Waals surface area contributed by atoms with Crippen molar-refractivity contribution in [1.29, 1.82) is 0 Å². The molecule has 2 unspecified atom stereocenters. The molecule has 23 heavy (non-hydrogen) atoms. The molecule has 0 spiro atoms. The fraction of sp³-hybridized carbons (Fsp3) is 0.278. The van der Waals surface area contributed by atoms with Crippen molar-refractivity contribution in [3.05, 3.63) is 48.8 Å². The maximum atomic E-state index is 5.65. The zero-order valence-electron chi connectivity index (χ0n) is 12.9. The third-order valence-electron chi connectivity index (χ3n) is 4.22. The smallest absolute Gasteiger partial charge is 0.163 e. The molecule has 2 atom stereocenters. The van der Waals surface area contributed by atoms with Crippen molar-refractivity contribution < 1.29 is 4.74 Å². The fourth-order valence-electron chi connectivity index (χ4n) is 2.91. The number of nitrogens with one attached hydrogen (secondary N) is 1. The molecule has 0 radical (unpaired) electrons. The highest BCUT2D eigenvalue weighted by Crippen LogP contribution is 2.27. The molecule has 1 aliphatic rings. The van der Waals surface area contributed by atoms with Crippen molar-refractivity contribution in [1.82, 2.24) is 15.0 Å². The molecule has 3 aromatic rings. The van der Waals surface area contributed by atoms with Gasteiger partial charge in [-0.05, 0) is 37.6 Å². The minimum absolute atomic E-state index is 0.186. The first-order chi connectivity index (χ1) is 11.3. The maximum absolute atomic E-state index is 5.65. The van der Waals surface area contributed by atoms with Gasteiger partial charge in [0.2, 0.25) is 0 Å². The number of nitrogens with zero attached hydrogens (tertiary/aromatic N) is 3. The maximum Gasteiger partial charge on any atom is 0.163 e. The summed E-state index contributed by atoms with van der Waals surface area (Å²) in [6, 6.07) is 12.2. The van der Waals surface area contributed by atoms with E-state index in [1.807, 2.05) is 36.4 Å². The molecule has 1 aromatic carbocycles. The molecule has 3 heterocycles. The van der Waals surface area contributed by atoms with Crippen LogP contribution in [0.4, 0.5) is 5.82 Å². The van der Waals surface area contributed by atoms with Gasteiger partial charge in [-0.2, -0.15) is 0 Å². The number of rotatable bonds is 3. The van der Waals surface area contributed by atoms with E-state index in [1.165, 1.54) is 0 Å². The van der Waals surface area contributed by atoms with Gasteiger partial charge in [-0.15, -0.1) is 0 Å². The molecular weight excluding hydrogens is 288 g/mol. The van der Waals surface area contributed by atoms with E-state index in [0.717, 1.165) is 35.3 Å². The summed E-state index contributed by atoms with van der Waals surface area (Å²) in [4.78, 5) is 13.6. The van der Waals surface area contributed by atoms with Crippen LogP contribution in [-0.4, -0.2) is 33.7 Å². The molecule has 0 saturated carbocycles. The van der Waals surface area contributed by atoms with Crippen LogP contribution >= 0.6 is 0 Å². The lowest BCUT2D eigenvalue weighted by Gasteiger charge is -2.18. The van der Waals surface area contributed by atoms with Crippen molar-refractivity contribution in [3.8, 4) is 11.4 Å². The second-order valence-corrected chi connectivity index (χ2v) is 5.77. The van der Waals surface area contributed by atoms with Crippen molar-refractivity contribution in [2.45, 2.75) is 25.5 Å². The van der Waals surface area contributed by atoms with Gasteiger partial charge in [-0.1, -0.05) is 12.1 Å². The highest BCUT2D eigenvalue weighted by atomic mass is 16.5. The second kappa shape index (κ2) is 5.93. The fourth-order valence-corrected chi connectivity index (χ4v) is 2.91. The van der Waals surface area contributed by atoms with Gasteiger partial charge in [0.05, 0.1) is 17.7 Å². The van der Waals surface area contributed by atoms with Crippen LogP contribution in [0.15, 0.2) is 48.8 Å². The Bertz CT molecular complexity index is 822. The Balaban J connectivity index is 1.81. The molecule has 0 amide bonds. The minimum atomic E-state index is 0.186. The van der Waals surface area contributed by atoms with E-state index in [0.29, 0.717) is 5.82 Å². The Labute approximate surface area is 134 Å². The molecule has 5 nitrogen and oxygen atoms in total. The number of aromatic nitrogens is 3. The van der Waals surface area contributed by atoms with Gasteiger partial charge in [0, 0.05) is 30.0 Å². The number of anilines is 1. The van der Waals surface area contributed by atoms with Crippen LogP contribution < -0.4 is 5.32 Å². The molecular formula is C18H18N4O. The molecule has 1 N–H and O–H groups in total. The molecule has 4 rings (SSSR count). The molecule has 116 valence electrons. The molecule has 5 heteroatoms. The average molecular weight is 306 g/mol. The van der Waals surface area contributed by atoms with Gasteiger partial charge in [0.25, 0.3) is 0 Å². The number of hydrogen-bond donors (Lipinski definition) is 1. The van der Waals surface area contributed by atoms with Crippen molar-refractivity contribution >= 4 is 16.7 Å². The standard InChI is InChI=1S/C18H18N4O/c1-12-15(8-10-23-12)20-18-14-6-2-3-7-16(14)21-17(22-18)13-5-4-9-19-11-13/h2-7,9,11-12,15H,8,10H2,1H3,(H,20,21,22). The molecule has 0 bridgehead atoms. The summed E-state index contributed by atoms with van der Waals surface area (Å²) in [6.07, 6.45) is 4.71. The van der Waals surface area contributed by atoms with E-state index < -0.39 is 0 Å². The first-order valence-electron chi connectivity index (χ1n) is 7.86. The van der Waals surface area contributed by atoms with Gasteiger partial charge in [-0.3, -0.25) is 4.98 Å². The molecule has 1 fully saturated rings. The molecule has 0 aliphatic carbocycles. The summed E-state index contributed by atoms with van der Waals surface area (Å²) in [5, 5.41) is 4.57. The van der Waals surface area contributed by atoms with Gasteiger partial charge in [0.15, 0.2) is 5.82 Å². The number of pyridine rings is 1. The Morgan fingerprint density at radius 1 is 1.13 bits per heavy atom. The van der Waals surface area contributed by atoms with Crippen LogP contribution in [0, 0.1) is 0 Å². The highest BCUT2D eigenvalue weighted by Gasteiger charge is 2.25. The average Bonchev–Trinajstić information content (AvgIpc) is 3.00. The Kier molecular flexibility index (Phi) is 3.63. The Hall–Kier alpha value is -2.53. The predicted octanol–water partition coefficient (Wildman–Crippen LogP) is 3.28. The summed E-state index contributed by atoms with van der Waals surface area (Å²) in [5.41, 5.74) is 1.84. The van der Waals surface area contributed by atoms with Crippen LogP contribution in [0.2, 0.25) is 0 Å². The predicted molar refractivity (Wildman–Crippen MR) is 90.2 cm³/mol. The monoisotopic (exact) mass is 306 g/mol. The van der Waals surface area contributed by atoms with E-state index in [1.54, 1.807) is 12.4 Å². The second-order valence-electron chi connectivity index (χ2n) is 5.77. The SMILES string of the molecule is CC1OCCC1Nc1nc(-c2cccnc2)nc2ccccc12. The lowest BCUT2D eigenvalue weighted by molar-refractivity contribution is 0.121. The van der Waals surface area contributed by atoms with Crippen LogP contribution in [-0.2, 0) is 4.74 Å². The number of benzene rings is 1. The third kappa shape index (κ3) is 2.75. The topological polar surface area (TPSA) is 59.9 Å². The summed E-state index contributed by atoms with van der Waals surface area (Å²) in [7, 11) is 0. The summed E-state index contributed by atoms with van der Waals surface area (Å²) in [6.45, 7) is 2.88. The lowest BCUT2D eigenvalue weighted by atomic mass is 10.1. The minimum Gasteiger partial charge on any atom is -0.376 e. The van der Waals surface area contributed by atoms with Gasteiger partial charge >= 0.3 is 0 Å². The lowest BCUT2D eigenvalue weighted by Crippen LogP contribution is -2.27. The van der Waals surface area contributed by atoms with Crippen molar-refractivity contribution in [3.63, 3.8) is 0 Å². The molecule has 1 saturated heterocycles. The number of para-hydroxylation sites is 1. The number of hydrogen-bond acceptors (Lipinski definition) is 5. The first-order valence-corrected chi connectivity index (χ1v) is 7.86. The van der Waals surface area contributed by atoms with Gasteiger partial charge in [0.1, 0.15) is 5.82 Å². The van der Waals surface area contributed by atoms with Gasteiger partial charge < -0.3 is 10.1 Å². The summed E-state index contributed by atoms with van der Waals surface area (Å²) < 4.78 is 5.65. The molecule has 2 aromatic heterocycles.